The topological polar surface area (TPSA) is 87.5 Å². The Morgan fingerprint density at radius 1 is 1.35 bits per heavy atom. The Bertz CT molecular complexity index is 478. The molecule has 1 aliphatic heterocycles. The molecule has 1 atom stereocenters. The summed E-state index contributed by atoms with van der Waals surface area (Å²) in [7, 11) is 0. The van der Waals surface area contributed by atoms with Crippen LogP contribution in [0.15, 0.2) is 24.3 Å². The van der Waals surface area contributed by atoms with Crippen LogP contribution < -0.4 is 16.4 Å². The van der Waals surface area contributed by atoms with Crippen molar-refractivity contribution in [3.05, 3.63) is 29.8 Å². The highest BCUT2D eigenvalue weighted by Gasteiger charge is 2.23. The Morgan fingerprint density at radius 3 is 2.55 bits per heavy atom. The van der Waals surface area contributed by atoms with Crippen molar-refractivity contribution in [3.63, 3.8) is 0 Å². The van der Waals surface area contributed by atoms with Gasteiger partial charge < -0.3 is 21.3 Å². The maximum absolute atomic E-state index is 12.3. The maximum atomic E-state index is 12.3. The second-order valence-corrected chi connectivity index (χ2v) is 4.62. The lowest BCUT2D eigenvalue weighted by Gasteiger charge is -2.34. The molecule has 1 heterocycles. The van der Waals surface area contributed by atoms with Gasteiger partial charge in [0.1, 0.15) is 0 Å². The number of urea groups is 1. The van der Waals surface area contributed by atoms with E-state index in [1.807, 2.05) is 11.8 Å². The smallest absolute Gasteiger partial charge is 0.316 e. The number of nitrogens with zero attached hydrogens (tertiary/aromatic N) is 1. The number of piperazine rings is 1. The quantitative estimate of drug-likeness (QED) is 0.762. The van der Waals surface area contributed by atoms with Crippen LogP contribution in [0.1, 0.15) is 17.3 Å². The molecule has 0 saturated carbocycles. The largest absolute Gasteiger partial charge is 0.351 e. The minimum Gasteiger partial charge on any atom is -0.351 e. The maximum Gasteiger partial charge on any atom is 0.316 e. The molecule has 7 heteroatoms. The predicted molar refractivity (Wildman–Crippen MR) is 80.3 cm³/mol. The number of benzene rings is 1. The molecular weight excluding hydrogens is 280 g/mol. The first-order chi connectivity index (χ1) is 9.08. The van der Waals surface area contributed by atoms with E-state index >= 15 is 0 Å². The van der Waals surface area contributed by atoms with E-state index in [2.05, 4.69) is 10.6 Å². The van der Waals surface area contributed by atoms with Crippen LogP contribution in [0.2, 0.25) is 0 Å². The van der Waals surface area contributed by atoms with E-state index in [0.717, 1.165) is 13.1 Å². The number of carbonyl (C=O) groups is 2. The zero-order valence-electron chi connectivity index (χ0n) is 11.3. The number of nitrogens with two attached hydrogens (primary N) is 1. The second-order valence-electron chi connectivity index (χ2n) is 4.62. The van der Waals surface area contributed by atoms with Crippen LogP contribution in [0.4, 0.5) is 10.5 Å². The van der Waals surface area contributed by atoms with E-state index in [1.165, 1.54) is 0 Å². The van der Waals surface area contributed by atoms with Gasteiger partial charge in [-0.25, -0.2) is 4.79 Å². The number of rotatable bonds is 2. The number of halogens is 1. The van der Waals surface area contributed by atoms with Crippen LogP contribution in [0.3, 0.4) is 0 Å². The molecule has 6 nitrogen and oxygen atoms in total. The zero-order chi connectivity index (χ0) is 13.8. The van der Waals surface area contributed by atoms with Gasteiger partial charge in [-0.1, -0.05) is 0 Å². The van der Waals surface area contributed by atoms with Crippen molar-refractivity contribution >= 4 is 30.0 Å². The molecule has 0 radical (unpaired) electrons. The van der Waals surface area contributed by atoms with Crippen LogP contribution in [-0.4, -0.2) is 42.5 Å². The fraction of sp³-hybridized carbons (Fsp3) is 0.385. The minimum absolute atomic E-state index is 0. The molecule has 2 rings (SSSR count). The number of anilines is 1. The van der Waals surface area contributed by atoms with Gasteiger partial charge in [0, 0.05) is 36.9 Å². The lowest BCUT2D eigenvalue weighted by molar-refractivity contribution is 0.0656. The lowest BCUT2D eigenvalue weighted by Crippen LogP contribution is -2.52. The van der Waals surface area contributed by atoms with E-state index in [-0.39, 0.29) is 24.4 Å². The van der Waals surface area contributed by atoms with Crippen LogP contribution in [-0.2, 0) is 0 Å². The Kier molecular flexibility index (Phi) is 5.79. The van der Waals surface area contributed by atoms with Gasteiger partial charge in [0.2, 0.25) is 0 Å². The number of hydrogen-bond acceptors (Lipinski definition) is 3. The second kappa shape index (κ2) is 7.12. The Morgan fingerprint density at radius 2 is 2.00 bits per heavy atom. The van der Waals surface area contributed by atoms with E-state index < -0.39 is 6.03 Å². The van der Waals surface area contributed by atoms with E-state index in [4.69, 9.17) is 5.73 Å². The average molecular weight is 299 g/mol. The molecular formula is C13H19ClN4O2. The first kappa shape index (κ1) is 16.3. The molecule has 0 aliphatic carbocycles. The highest BCUT2D eigenvalue weighted by atomic mass is 35.5. The van der Waals surface area contributed by atoms with Gasteiger partial charge in [0.15, 0.2) is 0 Å². The van der Waals surface area contributed by atoms with E-state index in [0.29, 0.717) is 17.8 Å². The van der Waals surface area contributed by atoms with Gasteiger partial charge in [0.05, 0.1) is 0 Å². The number of primary amides is 1. The van der Waals surface area contributed by atoms with Crippen molar-refractivity contribution in [2.45, 2.75) is 13.0 Å². The first-order valence-corrected chi connectivity index (χ1v) is 6.26. The van der Waals surface area contributed by atoms with Gasteiger partial charge in [-0.3, -0.25) is 4.79 Å². The van der Waals surface area contributed by atoms with Crippen LogP contribution in [0.5, 0.6) is 0 Å². The van der Waals surface area contributed by atoms with Crippen LogP contribution >= 0.6 is 12.4 Å². The molecule has 0 spiro atoms. The summed E-state index contributed by atoms with van der Waals surface area (Å²) in [6, 6.07) is 6.31. The molecule has 0 bridgehead atoms. The van der Waals surface area contributed by atoms with E-state index in [9.17, 15) is 9.59 Å². The van der Waals surface area contributed by atoms with E-state index in [1.54, 1.807) is 24.3 Å². The standard InChI is InChI=1S/C13H18N4O2.ClH/c1-9-8-15-6-7-17(9)12(18)10-2-4-11(5-3-10)16-13(14)19;/h2-5,9,15H,6-8H2,1H3,(H3,14,16,19);1H/t9-;/m1./s1. The monoisotopic (exact) mass is 298 g/mol. The van der Waals surface area contributed by atoms with Crippen molar-refractivity contribution in [1.82, 2.24) is 10.2 Å². The number of amides is 3. The summed E-state index contributed by atoms with van der Waals surface area (Å²) in [6.07, 6.45) is 0. The molecule has 1 aromatic rings. The predicted octanol–water partition coefficient (Wildman–Crippen LogP) is 1.03. The summed E-state index contributed by atoms with van der Waals surface area (Å²) in [5.74, 6) is 0.0135. The summed E-state index contributed by atoms with van der Waals surface area (Å²) >= 11 is 0. The molecule has 20 heavy (non-hydrogen) atoms. The minimum atomic E-state index is -0.616. The highest BCUT2D eigenvalue weighted by molar-refractivity contribution is 5.95. The normalized spacial score (nSPS) is 18.1. The van der Waals surface area contributed by atoms with Gasteiger partial charge in [0.25, 0.3) is 5.91 Å². The van der Waals surface area contributed by atoms with Gasteiger partial charge >= 0.3 is 6.03 Å². The summed E-state index contributed by atoms with van der Waals surface area (Å²) in [4.78, 5) is 24.9. The molecule has 3 amide bonds. The summed E-state index contributed by atoms with van der Waals surface area (Å²) in [5.41, 5.74) is 6.22. The van der Waals surface area contributed by atoms with Gasteiger partial charge in [-0.2, -0.15) is 0 Å². The Labute approximate surface area is 124 Å². The SMILES string of the molecule is C[C@@H]1CNCCN1C(=O)c1ccc(NC(N)=O)cc1.Cl. The van der Waals surface area contributed by atoms with Crippen molar-refractivity contribution in [2.75, 3.05) is 25.0 Å². The third kappa shape index (κ3) is 3.85. The summed E-state index contributed by atoms with van der Waals surface area (Å²) < 4.78 is 0. The van der Waals surface area contributed by atoms with Crippen molar-refractivity contribution in [3.8, 4) is 0 Å². The molecule has 0 aromatic heterocycles. The summed E-state index contributed by atoms with van der Waals surface area (Å²) in [6.45, 7) is 4.36. The fourth-order valence-electron chi connectivity index (χ4n) is 2.15. The zero-order valence-corrected chi connectivity index (χ0v) is 12.1. The van der Waals surface area contributed by atoms with Crippen molar-refractivity contribution in [1.29, 1.82) is 0 Å². The molecule has 4 N–H and O–H groups in total. The number of hydrogen-bond donors (Lipinski definition) is 3. The van der Waals surface area contributed by atoms with Crippen molar-refractivity contribution in [2.24, 2.45) is 5.73 Å². The van der Waals surface area contributed by atoms with Crippen LogP contribution in [0, 0.1) is 0 Å². The molecule has 1 saturated heterocycles. The van der Waals surface area contributed by atoms with Gasteiger partial charge in [-0.05, 0) is 31.2 Å². The fourth-order valence-corrected chi connectivity index (χ4v) is 2.15. The Hall–Kier alpha value is -1.79. The average Bonchev–Trinajstić information content (AvgIpc) is 2.39. The highest BCUT2D eigenvalue weighted by Crippen LogP contribution is 2.13. The van der Waals surface area contributed by atoms with Crippen molar-refractivity contribution < 1.29 is 9.59 Å². The summed E-state index contributed by atoms with van der Waals surface area (Å²) in [5, 5.41) is 5.71. The number of nitrogens with one attached hydrogen (secondary N) is 2. The molecule has 110 valence electrons. The first-order valence-electron chi connectivity index (χ1n) is 6.26. The molecule has 1 fully saturated rings. The number of carbonyl (C=O) groups excluding carboxylic acids is 2. The third-order valence-electron chi connectivity index (χ3n) is 3.16. The molecule has 1 aromatic carbocycles. The molecule has 1 aliphatic rings. The Balaban J connectivity index is 0.00000200. The van der Waals surface area contributed by atoms with Crippen LogP contribution in [0.25, 0.3) is 0 Å². The van der Waals surface area contributed by atoms with Gasteiger partial charge in [-0.15, -0.1) is 12.4 Å². The molecule has 0 unspecified atom stereocenters. The lowest BCUT2D eigenvalue weighted by atomic mass is 10.1. The third-order valence-corrected chi connectivity index (χ3v) is 3.16.